The van der Waals surface area contributed by atoms with Crippen molar-refractivity contribution in [3.63, 3.8) is 0 Å². The van der Waals surface area contributed by atoms with Crippen LogP contribution in [0.3, 0.4) is 0 Å². The highest BCUT2D eigenvalue weighted by Crippen LogP contribution is 2.30. The zero-order valence-corrected chi connectivity index (χ0v) is 12.3. The summed E-state index contributed by atoms with van der Waals surface area (Å²) >= 11 is 0. The molecule has 0 aromatic carbocycles. The van der Waals surface area contributed by atoms with E-state index in [1.54, 1.807) is 0 Å². The third-order valence-electron chi connectivity index (χ3n) is 4.31. The molecule has 3 nitrogen and oxygen atoms in total. The minimum Gasteiger partial charge on any atom is -0.389 e. The van der Waals surface area contributed by atoms with E-state index in [2.05, 4.69) is 13.8 Å². The molecule has 0 aromatic heterocycles. The average Bonchev–Trinajstić information content (AvgIpc) is 2.33. The fourth-order valence-corrected chi connectivity index (χ4v) is 3.08. The molecular weight excluding hydrogens is 226 g/mol. The van der Waals surface area contributed by atoms with Crippen LogP contribution in [-0.4, -0.2) is 30.0 Å². The van der Waals surface area contributed by atoms with Gasteiger partial charge in [0.2, 0.25) is 0 Å². The minimum absolute atomic E-state index is 0.348. The first-order valence-corrected chi connectivity index (χ1v) is 7.53. The Kier molecular flexibility index (Phi) is 6.61. The van der Waals surface area contributed by atoms with Gasteiger partial charge in [-0.05, 0) is 50.4 Å². The first-order chi connectivity index (χ1) is 8.49. The van der Waals surface area contributed by atoms with E-state index in [-0.39, 0.29) is 0 Å². The predicted octanol–water partition coefficient (Wildman–Crippen LogP) is 2.71. The van der Waals surface area contributed by atoms with Gasteiger partial charge in [0.15, 0.2) is 0 Å². The van der Waals surface area contributed by atoms with E-state index >= 15 is 0 Å². The smallest absolute Gasteiger partial charge is 0.0767 e. The quantitative estimate of drug-likeness (QED) is 0.689. The number of ether oxygens (including phenoxy) is 1. The second kappa shape index (κ2) is 7.46. The zero-order valence-electron chi connectivity index (χ0n) is 12.3. The van der Waals surface area contributed by atoms with Gasteiger partial charge in [0.05, 0.1) is 11.7 Å². The molecule has 0 spiro atoms. The van der Waals surface area contributed by atoms with E-state index in [1.807, 2.05) is 6.92 Å². The van der Waals surface area contributed by atoms with Gasteiger partial charge in [0, 0.05) is 13.2 Å². The van der Waals surface area contributed by atoms with E-state index in [1.165, 1.54) is 19.3 Å². The monoisotopic (exact) mass is 257 g/mol. The van der Waals surface area contributed by atoms with Crippen LogP contribution in [0.5, 0.6) is 0 Å². The molecule has 3 N–H and O–H groups in total. The highest BCUT2D eigenvalue weighted by atomic mass is 16.5. The summed E-state index contributed by atoms with van der Waals surface area (Å²) in [5.41, 5.74) is 4.90. The van der Waals surface area contributed by atoms with E-state index < -0.39 is 5.60 Å². The molecule has 1 rings (SSSR count). The average molecular weight is 257 g/mol. The summed E-state index contributed by atoms with van der Waals surface area (Å²) < 4.78 is 5.96. The van der Waals surface area contributed by atoms with Crippen molar-refractivity contribution in [3.8, 4) is 0 Å². The van der Waals surface area contributed by atoms with Crippen LogP contribution in [0.15, 0.2) is 0 Å². The molecule has 3 unspecified atom stereocenters. The van der Waals surface area contributed by atoms with Crippen LogP contribution >= 0.6 is 0 Å². The molecule has 108 valence electrons. The number of nitrogens with two attached hydrogens (primary N) is 1. The third-order valence-corrected chi connectivity index (χ3v) is 4.31. The van der Waals surface area contributed by atoms with Gasteiger partial charge in [0.25, 0.3) is 0 Å². The summed E-state index contributed by atoms with van der Waals surface area (Å²) in [5, 5.41) is 10.1. The molecule has 0 aliphatic heterocycles. The van der Waals surface area contributed by atoms with Gasteiger partial charge in [0.1, 0.15) is 0 Å². The summed E-state index contributed by atoms with van der Waals surface area (Å²) in [6, 6.07) is 0. The highest BCUT2D eigenvalue weighted by molar-refractivity contribution is 4.78. The maximum absolute atomic E-state index is 10.1. The van der Waals surface area contributed by atoms with Crippen LogP contribution in [-0.2, 0) is 4.74 Å². The molecule has 1 aliphatic carbocycles. The molecule has 0 heterocycles. The Morgan fingerprint density at radius 1 is 1.22 bits per heavy atom. The molecular formula is C15H31NO2. The maximum atomic E-state index is 10.1. The van der Waals surface area contributed by atoms with Crippen LogP contribution < -0.4 is 5.73 Å². The van der Waals surface area contributed by atoms with Crippen molar-refractivity contribution in [1.29, 1.82) is 0 Å². The second-order valence-electron chi connectivity index (χ2n) is 6.30. The molecule has 1 fully saturated rings. The first-order valence-electron chi connectivity index (χ1n) is 7.53. The molecule has 1 saturated carbocycles. The largest absolute Gasteiger partial charge is 0.389 e. The van der Waals surface area contributed by atoms with Crippen molar-refractivity contribution in [1.82, 2.24) is 0 Å². The van der Waals surface area contributed by atoms with Crippen LogP contribution in [0.1, 0.15) is 59.3 Å². The zero-order chi connectivity index (χ0) is 13.6. The Morgan fingerprint density at radius 3 is 2.33 bits per heavy atom. The Morgan fingerprint density at radius 2 is 1.83 bits per heavy atom. The molecule has 3 heteroatoms. The predicted molar refractivity (Wildman–Crippen MR) is 75.4 cm³/mol. The van der Waals surface area contributed by atoms with Gasteiger partial charge in [-0.1, -0.05) is 20.8 Å². The second-order valence-corrected chi connectivity index (χ2v) is 6.30. The fourth-order valence-electron chi connectivity index (χ4n) is 3.08. The van der Waals surface area contributed by atoms with Gasteiger partial charge >= 0.3 is 0 Å². The van der Waals surface area contributed by atoms with E-state index in [0.717, 1.165) is 37.7 Å². The molecule has 3 atom stereocenters. The van der Waals surface area contributed by atoms with E-state index in [4.69, 9.17) is 10.5 Å². The van der Waals surface area contributed by atoms with Crippen molar-refractivity contribution in [2.24, 2.45) is 17.6 Å². The normalized spacial score (nSPS) is 32.2. The molecule has 18 heavy (non-hydrogen) atoms. The number of rotatable bonds is 7. The Labute approximate surface area is 112 Å². The maximum Gasteiger partial charge on any atom is 0.0767 e. The standard InChI is InChI=1S/C15H31NO2/c1-4-15(17,11-16)6-5-7-18-14-9-12(2)8-13(3)10-14/h12-14,17H,4-11,16H2,1-3H3. The van der Waals surface area contributed by atoms with Crippen LogP contribution in [0, 0.1) is 11.8 Å². The van der Waals surface area contributed by atoms with Gasteiger partial charge in [-0.2, -0.15) is 0 Å². The molecule has 0 aromatic rings. The molecule has 0 radical (unpaired) electrons. The summed E-state index contributed by atoms with van der Waals surface area (Å²) in [5.74, 6) is 1.57. The van der Waals surface area contributed by atoms with Crippen LogP contribution in [0.25, 0.3) is 0 Å². The molecule has 1 aliphatic rings. The number of aliphatic hydroxyl groups is 1. The summed E-state index contributed by atoms with van der Waals surface area (Å²) in [6.45, 7) is 7.72. The topological polar surface area (TPSA) is 55.5 Å². The van der Waals surface area contributed by atoms with Gasteiger partial charge in [-0.15, -0.1) is 0 Å². The Balaban J connectivity index is 2.17. The van der Waals surface area contributed by atoms with Gasteiger partial charge in [-0.25, -0.2) is 0 Å². The van der Waals surface area contributed by atoms with Crippen molar-refractivity contribution in [3.05, 3.63) is 0 Å². The minimum atomic E-state index is -0.684. The Hall–Kier alpha value is -0.120. The van der Waals surface area contributed by atoms with Crippen LogP contribution in [0.4, 0.5) is 0 Å². The van der Waals surface area contributed by atoms with Gasteiger partial charge < -0.3 is 15.6 Å². The van der Waals surface area contributed by atoms with E-state index in [0.29, 0.717) is 12.6 Å². The van der Waals surface area contributed by atoms with Crippen molar-refractivity contribution in [2.75, 3.05) is 13.2 Å². The lowest BCUT2D eigenvalue weighted by atomic mass is 9.82. The first kappa shape index (κ1) is 15.9. The summed E-state index contributed by atoms with van der Waals surface area (Å²) in [7, 11) is 0. The lowest BCUT2D eigenvalue weighted by Crippen LogP contribution is -2.37. The molecule has 0 bridgehead atoms. The SMILES string of the molecule is CCC(O)(CN)CCCOC1CC(C)CC(C)C1. The summed E-state index contributed by atoms with van der Waals surface area (Å²) in [6.07, 6.45) is 6.53. The van der Waals surface area contributed by atoms with Crippen molar-refractivity contribution < 1.29 is 9.84 Å². The van der Waals surface area contributed by atoms with Crippen molar-refractivity contribution in [2.45, 2.75) is 71.0 Å². The Bertz CT molecular complexity index is 219. The summed E-state index contributed by atoms with van der Waals surface area (Å²) in [4.78, 5) is 0. The lowest BCUT2D eigenvalue weighted by Gasteiger charge is -2.32. The molecule has 0 amide bonds. The lowest BCUT2D eigenvalue weighted by molar-refractivity contribution is -0.0162. The third kappa shape index (κ3) is 5.25. The van der Waals surface area contributed by atoms with Crippen molar-refractivity contribution >= 4 is 0 Å². The number of hydrogen-bond acceptors (Lipinski definition) is 3. The molecule has 0 saturated heterocycles. The fraction of sp³-hybridized carbons (Fsp3) is 1.00. The van der Waals surface area contributed by atoms with E-state index in [9.17, 15) is 5.11 Å². The van der Waals surface area contributed by atoms with Crippen LogP contribution in [0.2, 0.25) is 0 Å². The van der Waals surface area contributed by atoms with Gasteiger partial charge in [-0.3, -0.25) is 0 Å². The number of hydrogen-bond donors (Lipinski definition) is 2. The highest BCUT2D eigenvalue weighted by Gasteiger charge is 2.25.